The van der Waals surface area contributed by atoms with Gasteiger partial charge in [0.15, 0.2) is 5.16 Å². The Balaban J connectivity index is 1.67. The Morgan fingerprint density at radius 3 is 2.75 bits per heavy atom. The molecule has 3 heterocycles. The smallest absolute Gasteiger partial charge is 0.393 e. The number of alkyl halides is 3. The number of hydrogen-bond acceptors (Lipinski definition) is 6. The van der Waals surface area contributed by atoms with Crippen molar-refractivity contribution in [3.05, 3.63) is 12.4 Å². The van der Waals surface area contributed by atoms with Crippen molar-refractivity contribution in [1.82, 2.24) is 14.5 Å². The molecule has 1 aliphatic heterocycles. The van der Waals surface area contributed by atoms with Crippen molar-refractivity contribution in [1.29, 1.82) is 0 Å². The highest BCUT2D eigenvalue weighted by Gasteiger charge is 2.42. The van der Waals surface area contributed by atoms with Gasteiger partial charge in [-0.15, -0.1) is 0 Å². The summed E-state index contributed by atoms with van der Waals surface area (Å²) in [5.41, 5.74) is 2.18. The quantitative estimate of drug-likeness (QED) is 0.167. The number of thioether (sulfide) groups is 1. The lowest BCUT2D eigenvalue weighted by molar-refractivity contribution is -0.176. The van der Waals surface area contributed by atoms with Crippen LogP contribution in [0.3, 0.4) is 0 Å². The Morgan fingerprint density at radius 1 is 1.31 bits per heavy atom. The molecule has 0 amide bonds. The Morgan fingerprint density at radius 2 is 2.08 bits per heavy atom. The zero-order valence-corrected chi connectivity index (χ0v) is 22.6. The number of ether oxygens (including phenoxy) is 1. The number of piperidine rings is 1. The SMILES string of the molecule is CCCCC(CC)COC(=O)CCSc1ncc2c(n1)c(N1CCCC(C(F)(F)F)C1)cn2C(C)C. The van der Waals surface area contributed by atoms with Crippen LogP contribution < -0.4 is 4.90 Å². The molecule has 0 radical (unpaired) electrons. The summed E-state index contributed by atoms with van der Waals surface area (Å²) >= 11 is 1.36. The van der Waals surface area contributed by atoms with Crippen LogP contribution in [0.25, 0.3) is 11.0 Å². The van der Waals surface area contributed by atoms with Gasteiger partial charge in [0.2, 0.25) is 0 Å². The van der Waals surface area contributed by atoms with Gasteiger partial charge in [-0.1, -0.05) is 44.9 Å². The van der Waals surface area contributed by atoms with Gasteiger partial charge in [-0.25, -0.2) is 9.97 Å². The molecule has 1 fully saturated rings. The van der Waals surface area contributed by atoms with E-state index in [0.717, 1.165) is 31.2 Å². The van der Waals surface area contributed by atoms with E-state index in [-0.39, 0.29) is 31.4 Å². The second-order valence-corrected chi connectivity index (χ2v) is 11.0. The van der Waals surface area contributed by atoms with E-state index in [1.165, 1.54) is 11.8 Å². The van der Waals surface area contributed by atoms with Crippen LogP contribution in [0.2, 0.25) is 0 Å². The third-order valence-corrected chi connectivity index (χ3v) is 7.73. The van der Waals surface area contributed by atoms with Gasteiger partial charge in [0.25, 0.3) is 0 Å². The summed E-state index contributed by atoms with van der Waals surface area (Å²) in [4.78, 5) is 23.2. The van der Waals surface area contributed by atoms with Crippen molar-refractivity contribution in [3.63, 3.8) is 0 Å². The Kier molecular flexibility index (Phi) is 10.3. The molecular formula is C26H39F3N4O2S. The van der Waals surface area contributed by atoms with Gasteiger partial charge >= 0.3 is 12.1 Å². The van der Waals surface area contributed by atoms with E-state index >= 15 is 0 Å². The van der Waals surface area contributed by atoms with Crippen molar-refractivity contribution in [2.75, 3.05) is 30.3 Å². The van der Waals surface area contributed by atoms with Crippen LogP contribution >= 0.6 is 11.8 Å². The monoisotopic (exact) mass is 528 g/mol. The number of rotatable bonds is 12. The minimum Gasteiger partial charge on any atom is -0.465 e. The topological polar surface area (TPSA) is 60.2 Å². The molecule has 1 aliphatic rings. The molecule has 0 aliphatic carbocycles. The lowest BCUT2D eigenvalue weighted by Gasteiger charge is -2.34. The summed E-state index contributed by atoms with van der Waals surface area (Å²) in [6.07, 6.45) is 4.68. The number of carbonyl (C=O) groups is 1. The number of hydrogen-bond donors (Lipinski definition) is 0. The fraction of sp³-hybridized carbons (Fsp3) is 0.731. The van der Waals surface area contributed by atoms with Crippen molar-refractivity contribution in [2.45, 2.75) is 90.0 Å². The number of anilines is 1. The number of unbranched alkanes of at least 4 members (excludes halogenated alkanes) is 1. The second-order valence-electron chi connectivity index (χ2n) is 9.93. The van der Waals surface area contributed by atoms with E-state index in [9.17, 15) is 18.0 Å². The number of fused-ring (bicyclic) bond motifs is 1. The third-order valence-electron chi connectivity index (χ3n) is 6.87. The normalized spacial score (nSPS) is 17.7. The first-order valence-corrected chi connectivity index (χ1v) is 14.1. The van der Waals surface area contributed by atoms with Crippen molar-refractivity contribution in [2.24, 2.45) is 11.8 Å². The Hall–Kier alpha value is -1.97. The molecule has 2 aromatic rings. The maximum Gasteiger partial charge on any atom is 0.393 e. The third kappa shape index (κ3) is 7.52. The van der Waals surface area contributed by atoms with Gasteiger partial charge < -0.3 is 14.2 Å². The average Bonchev–Trinajstić information content (AvgIpc) is 3.23. The number of esters is 1. The van der Waals surface area contributed by atoms with E-state index in [2.05, 4.69) is 18.8 Å². The molecule has 202 valence electrons. The number of nitrogens with zero attached hydrogens (tertiary/aromatic N) is 4. The van der Waals surface area contributed by atoms with Gasteiger partial charge in [0.05, 0.1) is 36.3 Å². The Bertz CT molecular complexity index is 995. The van der Waals surface area contributed by atoms with Crippen LogP contribution in [0.4, 0.5) is 18.9 Å². The molecule has 3 rings (SSSR count). The maximum absolute atomic E-state index is 13.4. The van der Waals surface area contributed by atoms with Crippen molar-refractivity contribution in [3.8, 4) is 0 Å². The molecule has 1 saturated heterocycles. The highest BCUT2D eigenvalue weighted by molar-refractivity contribution is 7.99. The van der Waals surface area contributed by atoms with Crippen LogP contribution in [0, 0.1) is 11.8 Å². The molecule has 2 atom stereocenters. The molecule has 2 aromatic heterocycles. The van der Waals surface area contributed by atoms with Gasteiger partial charge in [-0.2, -0.15) is 13.2 Å². The number of halogens is 3. The zero-order chi connectivity index (χ0) is 26.3. The average molecular weight is 529 g/mol. The van der Waals surface area contributed by atoms with E-state index in [1.807, 2.05) is 29.5 Å². The molecule has 0 spiro atoms. The lowest BCUT2D eigenvalue weighted by Crippen LogP contribution is -2.41. The van der Waals surface area contributed by atoms with E-state index in [0.29, 0.717) is 47.6 Å². The highest BCUT2D eigenvalue weighted by atomic mass is 32.2. The first kappa shape index (κ1) is 28.6. The number of carbonyl (C=O) groups excluding carboxylic acids is 1. The fourth-order valence-corrected chi connectivity index (χ4v) is 5.33. The van der Waals surface area contributed by atoms with Gasteiger partial charge in [-0.3, -0.25) is 4.79 Å². The van der Waals surface area contributed by atoms with Gasteiger partial charge in [0.1, 0.15) is 5.52 Å². The molecular weight excluding hydrogens is 489 g/mol. The number of aromatic nitrogens is 3. The fourth-order valence-electron chi connectivity index (χ4n) is 4.60. The second kappa shape index (κ2) is 13.0. The first-order valence-electron chi connectivity index (χ1n) is 13.1. The van der Waals surface area contributed by atoms with Crippen LogP contribution in [0.15, 0.2) is 17.6 Å². The Labute approximate surface area is 216 Å². The standard InChI is InChI=1S/C26H39F3N4O2S/c1-5-7-9-19(6-2)17-35-23(34)11-13-36-25-30-14-21-24(31-25)22(16-33(21)18(3)4)32-12-8-10-20(15-32)26(27,28)29/h14,16,18-20H,5-13,15,17H2,1-4H3. The van der Waals surface area contributed by atoms with E-state index in [4.69, 9.17) is 9.72 Å². The molecule has 0 aromatic carbocycles. The van der Waals surface area contributed by atoms with Crippen molar-refractivity contribution < 1.29 is 22.7 Å². The molecule has 0 N–H and O–H groups in total. The van der Waals surface area contributed by atoms with Crippen LogP contribution in [0.1, 0.15) is 78.7 Å². The molecule has 2 unspecified atom stereocenters. The van der Waals surface area contributed by atoms with Crippen LogP contribution in [-0.2, 0) is 9.53 Å². The summed E-state index contributed by atoms with van der Waals surface area (Å²) in [6.45, 7) is 9.29. The van der Waals surface area contributed by atoms with Gasteiger partial charge in [-0.05, 0) is 39.0 Å². The maximum atomic E-state index is 13.4. The van der Waals surface area contributed by atoms with E-state index < -0.39 is 12.1 Å². The summed E-state index contributed by atoms with van der Waals surface area (Å²) in [7, 11) is 0. The molecule has 36 heavy (non-hydrogen) atoms. The summed E-state index contributed by atoms with van der Waals surface area (Å²) in [6, 6.07) is 0.116. The molecule has 10 heteroatoms. The van der Waals surface area contributed by atoms with E-state index in [1.54, 1.807) is 6.20 Å². The highest BCUT2D eigenvalue weighted by Crippen LogP contribution is 2.38. The summed E-state index contributed by atoms with van der Waals surface area (Å²) in [5, 5.41) is 0.511. The predicted molar refractivity (Wildman–Crippen MR) is 139 cm³/mol. The van der Waals surface area contributed by atoms with Crippen molar-refractivity contribution >= 4 is 34.5 Å². The minimum absolute atomic E-state index is 0.0595. The molecule has 0 bridgehead atoms. The first-order chi connectivity index (χ1) is 17.1. The van der Waals surface area contributed by atoms with Gasteiger partial charge in [0, 0.05) is 31.1 Å². The largest absolute Gasteiger partial charge is 0.465 e. The summed E-state index contributed by atoms with van der Waals surface area (Å²) < 4.78 is 47.7. The minimum atomic E-state index is -4.20. The van der Waals surface area contributed by atoms with Crippen LogP contribution in [0.5, 0.6) is 0 Å². The lowest BCUT2D eigenvalue weighted by atomic mass is 9.97. The predicted octanol–water partition coefficient (Wildman–Crippen LogP) is 7.03. The summed E-state index contributed by atoms with van der Waals surface area (Å²) in [5.74, 6) is -0.672. The van der Waals surface area contributed by atoms with Crippen LogP contribution in [-0.4, -0.2) is 52.1 Å². The molecule has 6 nitrogen and oxygen atoms in total. The zero-order valence-electron chi connectivity index (χ0n) is 21.8. The molecule has 0 saturated carbocycles.